The molecule has 130 valence electrons. The van der Waals surface area contributed by atoms with Gasteiger partial charge in [-0.15, -0.1) is 10.2 Å². The van der Waals surface area contributed by atoms with E-state index in [4.69, 9.17) is 11.6 Å². The van der Waals surface area contributed by atoms with Gasteiger partial charge in [0.25, 0.3) is 0 Å². The molecule has 0 spiro atoms. The van der Waals surface area contributed by atoms with E-state index >= 15 is 0 Å². The first-order valence-electron chi connectivity index (χ1n) is 7.85. The highest BCUT2D eigenvalue weighted by atomic mass is 35.5. The SMILES string of the molecule is Cc1nnc(SCC(=O)c2cc(C)n(-c3ccc(Cl)cc3)c2C)n1C. The van der Waals surface area contributed by atoms with Gasteiger partial charge in [-0.3, -0.25) is 4.79 Å². The molecule has 3 rings (SSSR count). The summed E-state index contributed by atoms with van der Waals surface area (Å²) in [5.74, 6) is 1.24. The van der Waals surface area contributed by atoms with E-state index in [-0.39, 0.29) is 5.78 Å². The topological polar surface area (TPSA) is 52.7 Å². The number of hydrogen-bond donors (Lipinski definition) is 0. The Balaban J connectivity index is 1.83. The first-order valence-corrected chi connectivity index (χ1v) is 9.21. The quantitative estimate of drug-likeness (QED) is 0.497. The predicted molar refractivity (Wildman–Crippen MR) is 101 cm³/mol. The Morgan fingerprint density at radius 3 is 2.44 bits per heavy atom. The van der Waals surface area contributed by atoms with Gasteiger partial charge in [-0.05, 0) is 51.1 Å². The highest BCUT2D eigenvalue weighted by Crippen LogP contribution is 2.24. The number of rotatable bonds is 5. The van der Waals surface area contributed by atoms with Crippen LogP contribution >= 0.6 is 23.4 Å². The van der Waals surface area contributed by atoms with Crippen molar-refractivity contribution >= 4 is 29.1 Å². The number of thioether (sulfide) groups is 1. The lowest BCUT2D eigenvalue weighted by Gasteiger charge is -2.10. The van der Waals surface area contributed by atoms with Crippen LogP contribution < -0.4 is 0 Å². The molecule has 2 heterocycles. The van der Waals surface area contributed by atoms with Crippen molar-refractivity contribution in [2.24, 2.45) is 7.05 Å². The third-order valence-corrected chi connectivity index (χ3v) is 5.47. The second-order valence-electron chi connectivity index (χ2n) is 5.90. The standard InChI is InChI=1S/C18H19ClN4OS/c1-11-9-16(12(2)23(11)15-7-5-14(19)6-8-15)17(24)10-25-18-21-20-13(3)22(18)4/h5-9H,10H2,1-4H3. The molecule has 3 aromatic rings. The molecular weight excluding hydrogens is 356 g/mol. The Hall–Kier alpha value is -2.05. The zero-order valence-electron chi connectivity index (χ0n) is 14.6. The van der Waals surface area contributed by atoms with Crippen LogP contribution in [0.5, 0.6) is 0 Å². The zero-order chi connectivity index (χ0) is 18.1. The number of hydrogen-bond acceptors (Lipinski definition) is 4. The molecule has 0 bridgehead atoms. The second kappa shape index (κ2) is 7.06. The van der Waals surface area contributed by atoms with Gasteiger partial charge in [0.2, 0.25) is 0 Å². The summed E-state index contributed by atoms with van der Waals surface area (Å²) in [6, 6.07) is 9.54. The largest absolute Gasteiger partial charge is 0.318 e. The van der Waals surface area contributed by atoms with Crippen molar-refractivity contribution in [3.63, 3.8) is 0 Å². The molecule has 0 saturated carbocycles. The second-order valence-corrected chi connectivity index (χ2v) is 7.28. The van der Waals surface area contributed by atoms with E-state index < -0.39 is 0 Å². The summed E-state index contributed by atoms with van der Waals surface area (Å²) in [6.07, 6.45) is 0. The van der Waals surface area contributed by atoms with Crippen LogP contribution in [-0.2, 0) is 7.05 Å². The normalized spacial score (nSPS) is 11.1. The van der Waals surface area contributed by atoms with E-state index in [0.717, 1.165) is 33.6 Å². The van der Waals surface area contributed by atoms with Gasteiger partial charge in [-0.2, -0.15) is 0 Å². The van der Waals surface area contributed by atoms with Crippen molar-refractivity contribution in [3.8, 4) is 5.69 Å². The number of benzene rings is 1. The lowest BCUT2D eigenvalue weighted by molar-refractivity contribution is 0.102. The molecule has 0 aliphatic heterocycles. The Bertz CT molecular complexity index is 927. The fourth-order valence-corrected chi connectivity index (χ4v) is 3.72. The van der Waals surface area contributed by atoms with Gasteiger partial charge in [-0.25, -0.2) is 0 Å². The number of Topliss-reactive ketones (excluding diaryl/α,β-unsaturated/α-hetero) is 1. The summed E-state index contributed by atoms with van der Waals surface area (Å²) in [7, 11) is 1.90. The average molecular weight is 375 g/mol. The Kier molecular flexibility index (Phi) is 5.01. The van der Waals surface area contributed by atoms with Crippen LogP contribution in [-0.4, -0.2) is 30.9 Å². The van der Waals surface area contributed by atoms with Gasteiger partial charge in [-0.1, -0.05) is 23.4 Å². The molecule has 0 radical (unpaired) electrons. The van der Waals surface area contributed by atoms with Crippen LogP contribution in [0.3, 0.4) is 0 Å². The van der Waals surface area contributed by atoms with E-state index in [2.05, 4.69) is 14.8 Å². The first-order chi connectivity index (χ1) is 11.9. The Labute approximate surface area is 156 Å². The summed E-state index contributed by atoms with van der Waals surface area (Å²) < 4.78 is 3.95. The Morgan fingerprint density at radius 2 is 1.84 bits per heavy atom. The van der Waals surface area contributed by atoms with Gasteiger partial charge in [0.05, 0.1) is 5.75 Å². The van der Waals surface area contributed by atoms with Crippen molar-refractivity contribution < 1.29 is 4.79 Å². The van der Waals surface area contributed by atoms with E-state index in [1.165, 1.54) is 11.8 Å². The van der Waals surface area contributed by atoms with Crippen LogP contribution in [0.4, 0.5) is 0 Å². The predicted octanol–water partition coefficient (Wildman–Crippen LogP) is 4.16. The smallest absolute Gasteiger partial charge is 0.191 e. The molecule has 0 unspecified atom stereocenters. The molecule has 2 aromatic heterocycles. The van der Waals surface area contributed by atoms with Gasteiger partial charge in [0.15, 0.2) is 10.9 Å². The third-order valence-electron chi connectivity index (χ3n) is 4.20. The van der Waals surface area contributed by atoms with E-state index in [1.807, 2.05) is 62.7 Å². The van der Waals surface area contributed by atoms with Crippen LogP contribution in [0.25, 0.3) is 5.69 Å². The van der Waals surface area contributed by atoms with Crippen molar-refractivity contribution in [3.05, 3.63) is 58.1 Å². The van der Waals surface area contributed by atoms with Crippen molar-refractivity contribution in [1.82, 2.24) is 19.3 Å². The fourth-order valence-electron chi connectivity index (χ4n) is 2.75. The summed E-state index contributed by atoms with van der Waals surface area (Å²) >= 11 is 7.37. The van der Waals surface area contributed by atoms with Crippen LogP contribution in [0.1, 0.15) is 27.6 Å². The van der Waals surface area contributed by atoms with Crippen LogP contribution in [0.15, 0.2) is 35.5 Å². The van der Waals surface area contributed by atoms with Crippen molar-refractivity contribution in [2.45, 2.75) is 25.9 Å². The van der Waals surface area contributed by atoms with Crippen molar-refractivity contribution in [2.75, 3.05) is 5.75 Å². The number of ketones is 1. The number of aromatic nitrogens is 4. The molecule has 0 fully saturated rings. The highest BCUT2D eigenvalue weighted by molar-refractivity contribution is 7.99. The number of halogens is 1. The van der Waals surface area contributed by atoms with Crippen molar-refractivity contribution in [1.29, 1.82) is 0 Å². The lowest BCUT2D eigenvalue weighted by Crippen LogP contribution is -2.06. The number of aryl methyl sites for hydroxylation is 2. The third kappa shape index (κ3) is 3.50. The number of nitrogens with zero attached hydrogens (tertiary/aromatic N) is 4. The zero-order valence-corrected chi connectivity index (χ0v) is 16.1. The monoisotopic (exact) mass is 374 g/mol. The molecule has 0 atom stereocenters. The van der Waals surface area contributed by atoms with Crippen LogP contribution in [0, 0.1) is 20.8 Å². The number of carbonyl (C=O) groups is 1. The van der Waals surface area contributed by atoms with E-state index in [1.54, 1.807) is 0 Å². The van der Waals surface area contributed by atoms with Gasteiger partial charge >= 0.3 is 0 Å². The number of carbonyl (C=O) groups excluding carboxylic acids is 1. The minimum atomic E-state index is 0.0824. The fraction of sp³-hybridized carbons (Fsp3) is 0.278. The van der Waals surface area contributed by atoms with Gasteiger partial charge < -0.3 is 9.13 Å². The summed E-state index contributed by atoms with van der Waals surface area (Å²) in [6.45, 7) is 5.85. The minimum absolute atomic E-state index is 0.0824. The van der Waals surface area contributed by atoms with Gasteiger partial charge in [0, 0.05) is 34.7 Å². The van der Waals surface area contributed by atoms with Gasteiger partial charge in [0.1, 0.15) is 5.82 Å². The molecule has 7 heteroatoms. The summed E-state index contributed by atoms with van der Waals surface area (Å²) in [4.78, 5) is 12.7. The maximum atomic E-state index is 12.7. The molecule has 5 nitrogen and oxygen atoms in total. The highest BCUT2D eigenvalue weighted by Gasteiger charge is 2.18. The minimum Gasteiger partial charge on any atom is -0.318 e. The molecule has 0 N–H and O–H groups in total. The summed E-state index contributed by atoms with van der Waals surface area (Å²) in [5, 5.41) is 9.54. The molecular formula is C18H19ClN4OS. The molecule has 0 aliphatic rings. The van der Waals surface area contributed by atoms with E-state index in [9.17, 15) is 4.79 Å². The molecule has 0 saturated heterocycles. The molecule has 0 amide bonds. The maximum absolute atomic E-state index is 12.7. The lowest BCUT2D eigenvalue weighted by atomic mass is 10.2. The first kappa shape index (κ1) is 17.8. The maximum Gasteiger partial charge on any atom is 0.191 e. The molecule has 0 aliphatic carbocycles. The molecule has 1 aromatic carbocycles. The molecule has 25 heavy (non-hydrogen) atoms. The average Bonchev–Trinajstić information content (AvgIpc) is 3.06. The van der Waals surface area contributed by atoms with E-state index in [0.29, 0.717) is 10.8 Å². The van der Waals surface area contributed by atoms with Crippen LogP contribution in [0.2, 0.25) is 5.02 Å². The summed E-state index contributed by atoms with van der Waals surface area (Å²) in [5.41, 5.74) is 3.68. The Morgan fingerprint density at radius 1 is 1.16 bits per heavy atom.